The van der Waals surface area contributed by atoms with Crippen LogP contribution >= 0.6 is 11.6 Å². The van der Waals surface area contributed by atoms with Crippen molar-refractivity contribution in [3.8, 4) is 0 Å². The second kappa shape index (κ2) is 9.19. The molecule has 7 heteroatoms. The van der Waals surface area contributed by atoms with Crippen LogP contribution in [0.1, 0.15) is 29.3 Å². The van der Waals surface area contributed by atoms with Crippen LogP contribution < -0.4 is 10.2 Å². The number of carbonyl (C=O) groups is 3. The van der Waals surface area contributed by atoms with E-state index in [1.807, 2.05) is 31.2 Å². The fraction of sp³-hybridized carbons (Fsp3) is 0.250. The largest absolute Gasteiger partial charge is 0.465 e. The quantitative estimate of drug-likeness (QED) is 0.763. The lowest BCUT2D eigenvalue weighted by Gasteiger charge is -2.22. The monoisotopic (exact) mass is 388 g/mol. The van der Waals surface area contributed by atoms with Crippen molar-refractivity contribution in [2.75, 3.05) is 23.9 Å². The van der Waals surface area contributed by atoms with E-state index in [4.69, 9.17) is 16.3 Å². The third kappa shape index (κ3) is 5.56. The number of esters is 1. The van der Waals surface area contributed by atoms with Gasteiger partial charge in [-0.3, -0.25) is 9.59 Å². The summed E-state index contributed by atoms with van der Waals surface area (Å²) in [6.45, 7) is 3.46. The molecule has 0 saturated heterocycles. The number of halogens is 1. The number of nitrogens with zero attached hydrogens (tertiary/aromatic N) is 1. The lowest BCUT2D eigenvalue weighted by Crippen LogP contribution is -2.32. The van der Waals surface area contributed by atoms with Crippen LogP contribution in [0.3, 0.4) is 0 Å². The lowest BCUT2D eigenvalue weighted by molar-refractivity contribution is -0.117. The van der Waals surface area contributed by atoms with E-state index in [1.165, 1.54) is 37.1 Å². The first-order chi connectivity index (χ1) is 12.8. The van der Waals surface area contributed by atoms with Crippen molar-refractivity contribution in [3.63, 3.8) is 0 Å². The Balaban J connectivity index is 2.11. The van der Waals surface area contributed by atoms with E-state index in [0.717, 1.165) is 5.56 Å². The van der Waals surface area contributed by atoms with Gasteiger partial charge in [0.05, 0.1) is 23.4 Å². The number of ether oxygens (including phenoxy) is 1. The molecule has 142 valence electrons. The molecule has 2 aromatic rings. The van der Waals surface area contributed by atoms with Crippen LogP contribution in [0.15, 0.2) is 42.5 Å². The zero-order valence-corrected chi connectivity index (χ0v) is 16.2. The van der Waals surface area contributed by atoms with Crippen molar-refractivity contribution in [1.29, 1.82) is 0 Å². The molecule has 0 aliphatic rings. The third-order valence-corrected chi connectivity index (χ3v) is 4.26. The zero-order valence-electron chi connectivity index (χ0n) is 15.4. The molecule has 0 bridgehead atoms. The standard InChI is InChI=1S/C20H21ClN2O4/c1-13-4-7-16(8-5-13)22-19(25)10-11-23(14(2)24)18-12-15(20(26)27-3)6-9-17(18)21/h4-9,12H,10-11H2,1-3H3,(H,22,25). The molecule has 2 rings (SSSR count). The number of hydrogen-bond donors (Lipinski definition) is 1. The van der Waals surface area contributed by atoms with Crippen molar-refractivity contribution in [2.24, 2.45) is 0 Å². The molecule has 0 heterocycles. The van der Waals surface area contributed by atoms with E-state index in [9.17, 15) is 14.4 Å². The zero-order chi connectivity index (χ0) is 20.0. The number of carbonyl (C=O) groups excluding carboxylic acids is 3. The van der Waals surface area contributed by atoms with Crippen LogP contribution in [-0.2, 0) is 14.3 Å². The number of benzene rings is 2. The van der Waals surface area contributed by atoms with E-state index in [0.29, 0.717) is 16.4 Å². The Bertz CT molecular complexity index is 850. The summed E-state index contributed by atoms with van der Waals surface area (Å²) >= 11 is 6.20. The number of amides is 2. The van der Waals surface area contributed by atoms with E-state index in [1.54, 1.807) is 0 Å². The lowest BCUT2D eigenvalue weighted by atomic mass is 10.1. The summed E-state index contributed by atoms with van der Waals surface area (Å²) in [6.07, 6.45) is 0.0756. The van der Waals surface area contributed by atoms with Crippen LogP contribution in [-0.4, -0.2) is 31.4 Å². The van der Waals surface area contributed by atoms with Crippen LogP contribution in [0, 0.1) is 6.92 Å². The minimum absolute atomic E-state index is 0.0756. The van der Waals surface area contributed by atoms with Gasteiger partial charge < -0.3 is 15.0 Å². The summed E-state index contributed by atoms with van der Waals surface area (Å²) in [4.78, 5) is 37.4. The van der Waals surface area contributed by atoms with Gasteiger partial charge in [0.25, 0.3) is 0 Å². The highest BCUT2D eigenvalue weighted by molar-refractivity contribution is 6.34. The van der Waals surface area contributed by atoms with Crippen LogP contribution in [0.5, 0.6) is 0 Å². The molecule has 1 N–H and O–H groups in total. The smallest absolute Gasteiger partial charge is 0.337 e. The van der Waals surface area contributed by atoms with E-state index in [-0.39, 0.29) is 30.3 Å². The molecule has 0 atom stereocenters. The Morgan fingerprint density at radius 1 is 1.11 bits per heavy atom. The van der Waals surface area contributed by atoms with Gasteiger partial charge in [0.15, 0.2) is 0 Å². The topological polar surface area (TPSA) is 75.7 Å². The average Bonchev–Trinajstić information content (AvgIpc) is 2.64. The highest BCUT2D eigenvalue weighted by Crippen LogP contribution is 2.28. The van der Waals surface area contributed by atoms with E-state index in [2.05, 4.69) is 5.32 Å². The van der Waals surface area contributed by atoms with Crippen molar-refractivity contribution in [1.82, 2.24) is 0 Å². The van der Waals surface area contributed by atoms with Crippen LogP contribution in [0.4, 0.5) is 11.4 Å². The highest BCUT2D eigenvalue weighted by atomic mass is 35.5. The molecule has 0 unspecified atom stereocenters. The molecule has 2 amide bonds. The van der Waals surface area contributed by atoms with Gasteiger partial charge in [-0.1, -0.05) is 29.3 Å². The molecule has 0 saturated carbocycles. The predicted octanol–water partition coefficient (Wildman–Crippen LogP) is 3.82. The SMILES string of the molecule is COC(=O)c1ccc(Cl)c(N(CCC(=O)Nc2ccc(C)cc2)C(C)=O)c1. The normalized spacial score (nSPS) is 10.2. The average molecular weight is 389 g/mol. The Kier molecular flexibility index (Phi) is 6.96. The molecule has 6 nitrogen and oxygen atoms in total. The first kappa shape index (κ1) is 20.5. The number of nitrogens with one attached hydrogen (secondary N) is 1. The summed E-state index contributed by atoms with van der Waals surface area (Å²) in [5.74, 6) is -1.05. The van der Waals surface area contributed by atoms with Gasteiger partial charge in [0.2, 0.25) is 11.8 Å². The Labute approximate surface area is 163 Å². The van der Waals surface area contributed by atoms with Crippen LogP contribution in [0.2, 0.25) is 5.02 Å². The number of methoxy groups -OCH3 is 1. The van der Waals surface area contributed by atoms with Crippen molar-refractivity contribution in [2.45, 2.75) is 20.3 Å². The summed E-state index contributed by atoms with van der Waals surface area (Å²) in [5, 5.41) is 3.09. The first-order valence-corrected chi connectivity index (χ1v) is 8.72. The van der Waals surface area contributed by atoms with Crippen molar-refractivity contribution >= 4 is 40.8 Å². The van der Waals surface area contributed by atoms with Gasteiger partial charge in [0, 0.05) is 25.6 Å². The Morgan fingerprint density at radius 3 is 2.37 bits per heavy atom. The molecular formula is C20H21ClN2O4. The number of rotatable bonds is 6. The second-order valence-corrected chi connectivity index (χ2v) is 6.40. The summed E-state index contributed by atoms with van der Waals surface area (Å²) in [5.41, 5.74) is 2.41. The molecule has 2 aromatic carbocycles. The van der Waals surface area contributed by atoms with E-state index < -0.39 is 5.97 Å². The Morgan fingerprint density at radius 2 is 1.78 bits per heavy atom. The van der Waals surface area contributed by atoms with Crippen LogP contribution in [0.25, 0.3) is 0 Å². The van der Waals surface area contributed by atoms with Gasteiger partial charge in [-0.15, -0.1) is 0 Å². The third-order valence-electron chi connectivity index (χ3n) is 3.94. The molecule has 0 spiro atoms. The number of hydrogen-bond acceptors (Lipinski definition) is 4. The molecule has 0 aromatic heterocycles. The fourth-order valence-electron chi connectivity index (χ4n) is 2.49. The molecule has 0 radical (unpaired) electrons. The predicted molar refractivity (Wildman–Crippen MR) is 105 cm³/mol. The maximum Gasteiger partial charge on any atom is 0.337 e. The highest BCUT2D eigenvalue weighted by Gasteiger charge is 2.18. The minimum Gasteiger partial charge on any atom is -0.465 e. The summed E-state index contributed by atoms with van der Waals surface area (Å²) in [7, 11) is 1.27. The van der Waals surface area contributed by atoms with E-state index >= 15 is 0 Å². The van der Waals surface area contributed by atoms with Crippen molar-refractivity contribution < 1.29 is 19.1 Å². The van der Waals surface area contributed by atoms with Gasteiger partial charge in [-0.2, -0.15) is 0 Å². The van der Waals surface area contributed by atoms with Gasteiger partial charge >= 0.3 is 5.97 Å². The molecule has 0 aliphatic carbocycles. The van der Waals surface area contributed by atoms with Gasteiger partial charge in [0.1, 0.15) is 0 Å². The fourth-order valence-corrected chi connectivity index (χ4v) is 2.71. The molecule has 0 aliphatic heterocycles. The van der Waals surface area contributed by atoms with Gasteiger partial charge in [-0.25, -0.2) is 4.79 Å². The number of anilines is 2. The Hall–Kier alpha value is -2.86. The number of aryl methyl sites for hydroxylation is 1. The summed E-state index contributed by atoms with van der Waals surface area (Å²) < 4.78 is 4.69. The second-order valence-electron chi connectivity index (χ2n) is 5.99. The molecular weight excluding hydrogens is 368 g/mol. The minimum atomic E-state index is -0.534. The van der Waals surface area contributed by atoms with Crippen molar-refractivity contribution in [3.05, 3.63) is 58.6 Å². The maximum atomic E-state index is 12.2. The molecule has 0 fully saturated rings. The summed E-state index contributed by atoms with van der Waals surface area (Å²) in [6, 6.07) is 11.9. The van der Waals surface area contributed by atoms with Gasteiger partial charge in [-0.05, 0) is 37.3 Å². The maximum absolute atomic E-state index is 12.2. The molecule has 27 heavy (non-hydrogen) atoms. The first-order valence-electron chi connectivity index (χ1n) is 8.34.